The molecule has 0 atom stereocenters. The molecule has 1 fully saturated rings. The third kappa shape index (κ3) is 4.17. The lowest BCUT2D eigenvalue weighted by Crippen LogP contribution is -2.34. The Morgan fingerprint density at radius 2 is 1.58 bits per heavy atom. The highest BCUT2D eigenvalue weighted by Gasteiger charge is 2.22. The molecule has 0 saturated carbocycles. The first-order valence-electron chi connectivity index (χ1n) is 10.7. The molecule has 2 aromatic carbocycles. The first-order chi connectivity index (χ1) is 15.2. The number of hydrogen-bond acceptors (Lipinski definition) is 5. The second-order valence-corrected chi connectivity index (χ2v) is 7.72. The van der Waals surface area contributed by atoms with E-state index in [1.54, 1.807) is 21.3 Å². The van der Waals surface area contributed by atoms with Crippen molar-refractivity contribution in [3.63, 3.8) is 0 Å². The van der Waals surface area contributed by atoms with Crippen LogP contribution in [0.1, 0.15) is 25.7 Å². The molecule has 0 radical (unpaired) electrons. The molecule has 0 aliphatic carbocycles. The summed E-state index contributed by atoms with van der Waals surface area (Å²) in [5.74, 6) is 2.45. The number of carbonyl (C=O) groups is 1. The van der Waals surface area contributed by atoms with E-state index < -0.39 is 0 Å². The van der Waals surface area contributed by atoms with Gasteiger partial charge in [-0.05, 0) is 37.1 Å². The average Bonchev–Trinajstić information content (AvgIpc) is 2.97. The van der Waals surface area contributed by atoms with E-state index in [1.165, 1.54) is 12.8 Å². The van der Waals surface area contributed by atoms with Gasteiger partial charge in [-0.2, -0.15) is 0 Å². The van der Waals surface area contributed by atoms with Gasteiger partial charge in [0.25, 0.3) is 0 Å². The number of hydrogen-bond donors (Lipinski definition) is 0. The Hall–Kier alpha value is -3.22. The molecule has 0 N–H and O–H groups in total. The van der Waals surface area contributed by atoms with E-state index in [0.29, 0.717) is 23.1 Å². The molecule has 1 saturated heterocycles. The molecule has 3 aromatic rings. The lowest BCUT2D eigenvalue weighted by molar-refractivity contribution is -0.131. The van der Waals surface area contributed by atoms with Gasteiger partial charge in [0, 0.05) is 18.7 Å². The number of aromatic nitrogens is 2. The number of benzene rings is 2. The normalized spacial score (nSPS) is 14.4. The number of nitrogens with zero attached hydrogens (tertiary/aromatic N) is 3. The van der Waals surface area contributed by atoms with Crippen LogP contribution in [-0.4, -0.2) is 54.8 Å². The van der Waals surface area contributed by atoms with E-state index >= 15 is 0 Å². The summed E-state index contributed by atoms with van der Waals surface area (Å²) in [6.45, 7) is 1.89. The Morgan fingerprint density at radius 1 is 0.935 bits per heavy atom. The second kappa shape index (κ2) is 9.29. The number of rotatable bonds is 6. The summed E-state index contributed by atoms with van der Waals surface area (Å²) in [6.07, 6.45) is 4.51. The van der Waals surface area contributed by atoms with Crippen LogP contribution < -0.4 is 14.2 Å². The molecule has 4 rings (SSSR count). The van der Waals surface area contributed by atoms with Crippen LogP contribution in [0.2, 0.25) is 0 Å². The smallest absolute Gasteiger partial charge is 0.242 e. The molecular weight excluding hydrogens is 394 g/mol. The number of ether oxygens (including phenoxy) is 3. The molecular formula is C24H29N3O4. The summed E-state index contributed by atoms with van der Waals surface area (Å²) in [5.41, 5.74) is 2.57. The first-order valence-corrected chi connectivity index (χ1v) is 10.7. The SMILES string of the molecule is COc1cc(-c2nc3ccccc3n2CC(=O)N2CCCCCC2)cc(OC)c1OC. The van der Waals surface area contributed by atoms with Crippen molar-refractivity contribution in [2.45, 2.75) is 32.2 Å². The predicted octanol–water partition coefficient (Wildman–Crippen LogP) is 4.13. The van der Waals surface area contributed by atoms with Crippen molar-refractivity contribution >= 4 is 16.9 Å². The molecule has 0 spiro atoms. The third-order valence-electron chi connectivity index (χ3n) is 5.83. The maximum absolute atomic E-state index is 13.2. The van der Waals surface area contributed by atoms with E-state index in [2.05, 4.69) is 0 Å². The minimum atomic E-state index is 0.124. The van der Waals surface area contributed by atoms with E-state index in [0.717, 1.165) is 42.5 Å². The highest BCUT2D eigenvalue weighted by Crippen LogP contribution is 2.41. The van der Waals surface area contributed by atoms with Gasteiger partial charge in [-0.1, -0.05) is 25.0 Å². The fraction of sp³-hybridized carbons (Fsp3) is 0.417. The van der Waals surface area contributed by atoms with Crippen LogP contribution in [0.4, 0.5) is 0 Å². The number of fused-ring (bicyclic) bond motifs is 1. The van der Waals surface area contributed by atoms with Crippen molar-refractivity contribution in [2.24, 2.45) is 0 Å². The van der Waals surface area contributed by atoms with Crippen LogP contribution in [0.5, 0.6) is 17.2 Å². The molecule has 0 bridgehead atoms. The molecule has 7 heteroatoms. The van der Waals surface area contributed by atoms with Crippen LogP contribution in [0.3, 0.4) is 0 Å². The zero-order valence-electron chi connectivity index (χ0n) is 18.4. The number of amides is 1. The van der Waals surface area contributed by atoms with E-state index in [-0.39, 0.29) is 12.5 Å². The quantitative estimate of drug-likeness (QED) is 0.596. The lowest BCUT2D eigenvalue weighted by atomic mass is 10.1. The number of para-hydroxylation sites is 2. The van der Waals surface area contributed by atoms with Gasteiger partial charge in [0.2, 0.25) is 11.7 Å². The summed E-state index contributed by atoms with van der Waals surface area (Å²) in [7, 11) is 4.76. The van der Waals surface area contributed by atoms with Gasteiger partial charge in [0.1, 0.15) is 12.4 Å². The Labute approximate surface area is 182 Å². The van der Waals surface area contributed by atoms with Gasteiger partial charge in [-0.15, -0.1) is 0 Å². The Morgan fingerprint density at radius 3 is 2.19 bits per heavy atom. The number of methoxy groups -OCH3 is 3. The van der Waals surface area contributed by atoms with Gasteiger partial charge < -0.3 is 23.7 Å². The number of carbonyl (C=O) groups excluding carboxylic acids is 1. The summed E-state index contributed by atoms with van der Waals surface area (Å²) in [5, 5.41) is 0. The average molecular weight is 424 g/mol. The lowest BCUT2D eigenvalue weighted by Gasteiger charge is -2.21. The minimum Gasteiger partial charge on any atom is -0.493 e. The van der Waals surface area contributed by atoms with Crippen molar-refractivity contribution in [1.29, 1.82) is 0 Å². The van der Waals surface area contributed by atoms with Crippen molar-refractivity contribution in [3.05, 3.63) is 36.4 Å². The van der Waals surface area contributed by atoms with Crippen LogP contribution in [-0.2, 0) is 11.3 Å². The first kappa shape index (κ1) is 21.0. The molecule has 7 nitrogen and oxygen atoms in total. The molecule has 1 aliphatic heterocycles. The van der Waals surface area contributed by atoms with Crippen molar-refractivity contribution < 1.29 is 19.0 Å². The molecule has 164 valence electrons. The van der Waals surface area contributed by atoms with Gasteiger partial charge in [0.15, 0.2) is 11.5 Å². The van der Waals surface area contributed by atoms with E-state index in [1.807, 2.05) is 45.9 Å². The summed E-state index contributed by atoms with van der Waals surface area (Å²) < 4.78 is 18.5. The van der Waals surface area contributed by atoms with E-state index in [9.17, 15) is 4.79 Å². The largest absolute Gasteiger partial charge is 0.493 e. The monoisotopic (exact) mass is 423 g/mol. The van der Waals surface area contributed by atoms with Gasteiger partial charge in [-0.25, -0.2) is 4.98 Å². The zero-order valence-corrected chi connectivity index (χ0v) is 18.4. The third-order valence-corrected chi connectivity index (χ3v) is 5.83. The number of imidazole rings is 1. The fourth-order valence-electron chi connectivity index (χ4n) is 4.22. The summed E-state index contributed by atoms with van der Waals surface area (Å²) in [6, 6.07) is 11.6. The van der Waals surface area contributed by atoms with Gasteiger partial charge in [-0.3, -0.25) is 4.79 Å². The zero-order chi connectivity index (χ0) is 21.8. The highest BCUT2D eigenvalue weighted by molar-refractivity contribution is 5.85. The predicted molar refractivity (Wildman–Crippen MR) is 120 cm³/mol. The molecule has 1 aromatic heterocycles. The maximum Gasteiger partial charge on any atom is 0.242 e. The highest BCUT2D eigenvalue weighted by atomic mass is 16.5. The minimum absolute atomic E-state index is 0.124. The second-order valence-electron chi connectivity index (χ2n) is 7.72. The van der Waals surface area contributed by atoms with Crippen LogP contribution in [0, 0.1) is 0 Å². The fourth-order valence-corrected chi connectivity index (χ4v) is 4.22. The summed E-state index contributed by atoms with van der Waals surface area (Å²) in [4.78, 5) is 20.0. The number of likely N-dealkylation sites (tertiary alicyclic amines) is 1. The van der Waals surface area contributed by atoms with Crippen LogP contribution >= 0.6 is 0 Å². The topological polar surface area (TPSA) is 65.8 Å². The van der Waals surface area contributed by atoms with Crippen molar-refractivity contribution in [3.8, 4) is 28.6 Å². The molecule has 0 unspecified atom stereocenters. The molecule has 2 heterocycles. The molecule has 1 amide bonds. The Balaban J connectivity index is 1.79. The van der Waals surface area contributed by atoms with Gasteiger partial charge in [0.05, 0.1) is 32.4 Å². The van der Waals surface area contributed by atoms with Crippen LogP contribution in [0.25, 0.3) is 22.4 Å². The van der Waals surface area contributed by atoms with Crippen molar-refractivity contribution in [1.82, 2.24) is 14.5 Å². The maximum atomic E-state index is 13.2. The summed E-state index contributed by atoms with van der Waals surface area (Å²) >= 11 is 0. The molecule has 31 heavy (non-hydrogen) atoms. The Bertz CT molecular complexity index is 1040. The molecule has 1 aliphatic rings. The Kier molecular flexibility index (Phi) is 6.30. The standard InChI is InChI=1S/C24H29N3O4/c1-29-20-14-17(15-21(30-2)23(20)31-3)24-25-18-10-6-7-11-19(18)27(24)16-22(28)26-12-8-4-5-9-13-26/h6-7,10-11,14-15H,4-5,8-9,12-13,16H2,1-3H3. The van der Waals surface area contributed by atoms with Gasteiger partial charge >= 0.3 is 0 Å². The van der Waals surface area contributed by atoms with Crippen molar-refractivity contribution in [2.75, 3.05) is 34.4 Å². The van der Waals surface area contributed by atoms with Crippen LogP contribution in [0.15, 0.2) is 36.4 Å². The van der Waals surface area contributed by atoms with E-state index in [4.69, 9.17) is 19.2 Å².